The molecule has 2 amide bonds. The van der Waals surface area contributed by atoms with Crippen LogP contribution in [0.3, 0.4) is 0 Å². The molecule has 1 aromatic heterocycles. The van der Waals surface area contributed by atoms with Crippen molar-refractivity contribution in [2.24, 2.45) is 0 Å². The second-order valence-corrected chi connectivity index (χ2v) is 9.06. The van der Waals surface area contributed by atoms with E-state index in [1.54, 1.807) is 36.4 Å². The lowest BCUT2D eigenvalue weighted by Crippen LogP contribution is -2.25. The molecule has 8 nitrogen and oxygen atoms in total. The van der Waals surface area contributed by atoms with Crippen LogP contribution in [0.2, 0.25) is 0 Å². The summed E-state index contributed by atoms with van der Waals surface area (Å²) in [5.41, 5.74) is 3.10. The fourth-order valence-corrected chi connectivity index (χ4v) is 4.45. The molecule has 176 valence electrons. The van der Waals surface area contributed by atoms with E-state index in [-0.39, 0.29) is 11.9 Å². The van der Waals surface area contributed by atoms with Crippen molar-refractivity contribution in [2.45, 2.75) is 43.4 Å². The summed E-state index contributed by atoms with van der Waals surface area (Å²) in [5, 5.41) is 9.53. The quantitative estimate of drug-likeness (QED) is 0.348. The molecule has 0 atom stereocenters. The van der Waals surface area contributed by atoms with Crippen molar-refractivity contribution in [3.8, 4) is 0 Å². The van der Waals surface area contributed by atoms with E-state index in [9.17, 15) is 14.4 Å². The highest BCUT2D eigenvalue weighted by molar-refractivity contribution is 7.98. The molecule has 9 heteroatoms. The van der Waals surface area contributed by atoms with Gasteiger partial charge in [0.25, 0.3) is 11.8 Å². The molecule has 0 spiro atoms. The molecule has 1 aliphatic rings. The van der Waals surface area contributed by atoms with Crippen molar-refractivity contribution in [3.63, 3.8) is 0 Å². The van der Waals surface area contributed by atoms with Crippen LogP contribution in [0.5, 0.6) is 0 Å². The van der Waals surface area contributed by atoms with Gasteiger partial charge in [-0.25, -0.2) is 4.79 Å². The number of thioether (sulfide) groups is 1. The van der Waals surface area contributed by atoms with Gasteiger partial charge in [0.1, 0.15) is 5.76 Å². The summed E-state index contributed by atoms with van der Waals surface area (Å²) >= 11 is 1.47. The van der Waals surface area contributed by atoms with Crippen molar-refractivity contribution in [1.82, 2.24) is 10.5 Å². The molecule has 1 fully saturated rings. The Morgan fingerprint density at radius 2 is 1.91 bits per heavy atom. The lowest BCUT2D eigenvalue weighted by Gasteiger charge is -2.10. The number of carbonyl (C=O) groups is 3. The van der Waals surface area contributed by atoms with E-state index in [4.69, 9.17) is 9.26 Å². The summed E-state index contributed by atoms with van der Waals surface area (Å²) < 4.78 is 10.4. The minimum Gasteiger partial charge on any atom is -0.452 e. The molecule has 4 rings (SSSR count). The summed E-state index contributed by atoms with van der Waals surface area (Å²) in [6.45, 7) is 3.28. The Morgan fingerprint density at radius 3 is 2.65 bits per heavy atom. The maximum atomic E-state index is 12.7. The Labute approximate surface area is 201 Å². The Hall–Kier alpha value is -3.59. The van der Waals surface area contributed by atoms with Crippen molar-refractivity contribution < 1.29 is 23.6 Å². The van der Waals surface area contributed by atoms with E-state index in [0.29, 0.717) is 22.6 Å². The van der Waals surface area contributed by atoms with Gasteiger partial charge in [-0.1, -0.05) is 23.4 Å². The number of benzene rings is 2. The number of nitrogens with zero attached hydrogens (tertiary/aromatic N) is 1. The van der Waals surface area contributed by atoms with E-state index >= 15 is 0 Å². The smallest absolute Gasteiger partial charge is 0.339 e. The number of hydrogen-bond acceptors (Lipinski definition) is 7. The number of amides is 2. The average Bonchev–Trinajstić information content (AvgIpc) is 3.59. The van der Waals surface area contributed by atoms with E-state index in [1.807, 2.05) is 26.0 Å². The molecule has 0 unspecified atom stereocenters. The van der Waals surface area contributed by atoms with Crippen LogP contribution in [0.15, 0.2) is 57.9 Å². The second kappa shape index (κ2) is 10.6. The van der Waals surface area contributed by atoms with Crippen LogP contribution in [0.4, 0.5) is 5.69 Å². The van der Waals surface area contributed by atoms with Gasteiger partial charge in [0.2, 0.25) is 0 Å². The molecule has 1 aliphatic carbocycles. The van der Waals surface area contributed by atoms with E-state index in [1.165, 1.54) is 11.8 Å². The zero-order valence-corrected chi connectivity index (χ0v) is 19.7. The number of hydrogen-bond donors (Lipinski definition) is 2. The zero-order chi connectivity index (χ0) is 24.1. The van der Waals surface area contributed by atoms with Gasteiger partial charge in [0.15, 0.2) is 6.61 Å². The van der Waals surface area contributed by atoms with Crippen molar-refractivity contribution in [3.05, 3.63) is 76.7 Å². The molecule has 34 heavy (non-hydrogen) atoms. The van der Waals surface area contributed by atoms with Gasteiger partial charge in [-0.05, 0) is 57.0 Å². The number of nitrogens with one attached hydrogen (secondary N) is 2. The van der Waals surface area contributed by atoms with Crippen LogP contribution < -0.4 is 10.6 Å². The van der Waals surface area contributed by atoms with Gasteiger partial charge in [-0.15, -0.1) is 11.8 Å². The molecule has 0 aliphatic heterocycles. The van der Waals surface area contributed by atoms with Gasteiger partial charge < -0.3 is 19.9 Å². The lowest BCUT2D eigenvalue weighted by atomic mass is 10.2. The van der Waals surface area contributed by atoms with Gasteiger partial charge in [-0.2, -0.15) is 0 Å². The molecule has 0 bridgehead atoms. The van der Waals surface area contributed by atoms with Crippen LogP contribution in [-0.2, 0) is 15.3 Å². The van der Waals surface area contributed by atoms with Gasteiger partial charge in [0, 0.05) is 33.5 Å². The van der Waals surface area contributed by atoms with Gasteiger partial charge in [-0.3, -0.25) is 9.59 Å². The highest BCUT2D eigenvalue weighted by Crippen LogP contribution is 2.29. The predicted molar refractivity (Wildman–Crippen MR) is 128 cm³/mol. The number of carbonyl (C=O) groups excluding carboxylic acids is 3. The molecule has 2 aromatic carbocycles. The van der Waals surface area contributed by atoms with E-state index in [2.05, 4.69) is 15.8 Å². The first-order valence-electron chi connectivity index (χ1n) is 10.9. The Kier molecular flexibility index (Phi) is 7.32. The summed E-state index contributed by atoms with van der Waals surface area (Å²) in [7, 11) is 0. The largest absolute Gasteiger partial charge is 0.452 e. The topological polar surface area (TPSA) is 111 Å². The Balaban J connectivity index is 1.32. The van der Waals surface area contributed by atoms with Crippen LogP contribution in [0, 0.1) is 13.8 Å². The van der Waals surface area contributed by atoms with Gasteiger partial charge >= 0.3 is 5.97 Å². The van der Waals surface area contributed by atoms with Crippen LogP contribution in [0.1, 0.15) is 50.6 Å². The summed E-state index contributed by atoms with van der Waals surface area (Å²) in [6, 6.07) is 14.0. The third-order valence-electron chi connectivity index (χ3n) is 5.32. The van der Waals surface area contributed by atoms with Crippen molar-refractivity contribution >= 4 is 35.2 Å². The number of ether oxygens (including phenoxy) is 1. The van der Waals surface area contributed by atoms with Crippen molar-refractivity contribution in [1.29, 1.82) is 0 Å². The van der Waals surface area contributed by atoms with Crippen molar-refractivity contribution in [2.75, 3.05) is 11.9 Å². The maximum absolute atomic E-state index is 12.7. The predicted octanol–water partition coefficient (Wildman–Crippen LogP) is 4.27. The molecular weight excluding hydrogens is 454 g/mol. The summed E-state index contributed by atoms with van der Waals surface area (Å²) in [6.07, 6.45) is 1.99. The first-order chi connectivity index (χ1) is 16.4. The van der Waals surface area contributed by atoms with Crippen LogP contribution in [0.25, 0.3) is 0 Å². The first-order valence-corrected chi connectivity index (χ1v) is 11.9. The fraction of sp³-hybridized carbons (Fsp3) is 0.280. The minimum atomic E-state index is -0.588. The third-order valence-corrected chi connectivity index (χ3v) is 6.42. The average molecular weight is 480 g/mol. The number of rotatable bonds is 9. The third kappa shape index (κ3) is 6.05. The summed E-state index contributed by atoms with van der Waals surface area (Å²) in [5.74, 6) is 0.0893. The molecular formula is C25H25N3O5S. The fourth-order valence-electron chi connectivity index (χ4n) is 3.26. The molecule has 0 radical (unpaired) electrons. The standard InChI is InChI=1S/C25H25N3O5S/c1-15-21(16(2)33-28-15)14-34-22-9-4-3-8-20(22)25(31)32-13-23(29)26-19-7-5-6-17(12-19)24(30)27-18-10-11-18/h3-9,12,18H,10-11,13-14H2,1-2H3,(H,26,29)(H,27,30). The lowest BCUT2D eigenvalue weighted by molar-refractivity contribution is -0.119. The molecule has 1 saturated carbocycles. The zero-order valence-electron chi connectivity index (χ0n) is 18.9. The van der Waals surface area contributed by atoms with Crippen LogP contribution in [-0.4, -0.2) is 35.6 Å². The number of esters is 1. The van der Waals surface area contributed by atoms with E-state index < -0.39 is 18.5 Å². The second-order valence-electron chi connectivity index (χ2n) is 8.04. The number of aryl methyl sites for hydroxylation is 2. The molecule has 0 saturated heterocycles. The molecule has 3 aromatic rings. The number of aromatic nitrogens is 1. The Bertz CT molecular complexity index is 1200. The van der Waals surface area contributed by atoms with Gasteiger partial charge in [0.05, 0.1) is 11.3 Å². The van der Waals surface area contributed by atoms with E-state index in [0.717, 1.165) is 34.8 Å². The summed E-state index contributed by atoms with van der Waals surface area (Å²) in [4.78, 5) is 38.0. The molecule has 2 N–H and O–H groups in total. The Morgan fingerprint density at radius 1 is 1.12 bits per heavy atom. The highest BCUT2D eigenvalue weighted by atomic mass is 32.2. The monoisotopic (exact) mass is 479 g/mol. The normalized spacial score (nSPS) is 12.8. The number of anilines is 1. The maximum Gasteiger partial charge on any atom is 0.339 e. The minimum absolute atomic E-state index is 0.171. The van der Waals surface area contributed by atoms with Crippen LogP contribution >= 0.6 is 11.8 Å². The highest BCUT2D eigenvalue weighted by Gasteiger charge is 2.24. The SMILES string of the molecule is Cc1noc(C)c1CSc1ccccc1C(=O)OCC(=O)Nc1cccc(C(=O)NC2CC2)c1. The first kappa shape index (κ1) is 23.6. The molecule has 1 heterocycles.